The van der Waals surface area contributed by atoms with E-state index in [1.165, 1.54) is 0 Å². The van der Waals surface area contributed by atoms with Gasteiger partial charge >= 0.3 is 5.97 Å². The molecule has 0 N–H and O–H groups in total. The monoisotopic (exact) mass is 264 g/mol. The molecule has 1 aromatic rings. The highest BCUT2D eigenvalue weighted by atomic mass is 16.5. The van der Waals surface area contributed by atoms with Gasteiger partial charge in [0, 0.05) is 0 Å². The Morgan fingerprint density at radius 3 is 2.26 bits per heavy atom. The first kappa shape index (κ1) is 17.7. The highest BCUT2D eigenvalue weighted by Crippen LogP contribution is 2.18. The molecule has 1 aromatic carbocycles. The molecule has 0 saturated heterocycles. The summed E-state index contributed by atoms with van der Waals surface area (Å²) in [7, 11) is 0. The Hall–Kier alpha value is -1.31. The molecule has 2 nitrogen and oxygen atoms in total. The van der Waals surface area contributed by atoms with Gasteiger partial charge in [0.25, 0.3) is 0 Å². The molecule has 0 saturated carbocycles. The van der Waals surface area contributed by atoms with Gasteiger partial charge in [0.2, 0.25) is 0 Å². The zero-order chi connectivity index (χ0) is 14.7. The SMILES string of the molecule is CC.CCCC(C)C(C)C(=O)OCc1ccccc1. The first-order valence-corrected chi connectivity index (χ1v) is 7.35. The molecule has 0 aliphatic heterocycles. The summed E-state index contributed by atoms with van der Waals surface area (Å²) in [5.74, 6) is 0.289. The number of ether oxygens (including phenoxy) is 1. The van der Waals surface area contributed by atoms with Crippen LogP contribution in [0.5, 0.6) is 0 Å². The fourth-order valence-electron chi connectivity index (χ4n) is 1.80. The average molecular weight is 264 g/mol. The second-order valence-corrected chi connectivity index (χ2v) is 4.65. The van der Waals surface area contributed by atoms with Crippen molar-refractivity contribution in [3.63, 3.8) is 0 Å². The number of carbonyl (C=O) groups is 1. The van der Waals surface area contributed by atoms with Crippen LogP contribution in [0.4, 0.5) is 0 Å². The van der Waals surface area contributed by atoms with Gasteiger partial charge in [0.05, 0.1) is 5.92 Å². The molecule has 0 aliphatic rings. The van der Waals surface area contributed by atoms with E-state index in [1.54, 1.807) is 0 Å². The number of carbonyl (C=O) groups excluding carboxylic acids is 1. The molecular formula is C17H28O2. The van der Waals surface area contributed by atoms with E-state index in [1.807, 2.05) is 51.1 Å². The predicted octanol–water partition coefficient (Wildman–Crippen LogP) is 4.83. The molecule has 1 rings (SSSR count). The smallest absolute Gasteiger partial charge is 0.309 e. The third-order valence-electron chi connectivity index (χ3n) is 3.19. The summed E-state index contributed by atoms with van der Waals surface area (Å²) >= 11 is 0. The lowest BCUT2D eigenvalue weighted by atomic mass is 9.92. The lowest BCUT2D eigenvalue weighted by Crippen LogP contribution is -2.21. The van der Waals surface area contributed by atoms with E-state index in [0.29, 0.717) is 12.5 Å². The number of rotatable bonds is 6. The molecule has 19 heavy (non-hydrogen) atoms. The van der Waals surface area contributed by atoms with Gasteiger partial charge < -0.3 is 4.74 Å². The second-order valence-electron chi connectivity index (χ2n) is 4.65. The molecule has 0 spiro atoms. The molecule has 2 unspecified atom stereocenters. The van der Waals surface area contributed by atoms with Gasteiger partial charge in [-0.05, 0) is 11.5 Å². The van der Waals surface area contributed by atoms with Crippen LogP contribution in [0.25, 0.3) is 0 Å². The van der Waals surface area contributed by atoms with Gasteiger partial charge in [0.1, 0.15) is 6.61 Å². The quantitative estimate of drug-likeness (QED) is 0.688. The highest BCUT2D eigenvalue weighted by molar-refractivity contribution is 5.72. The Bertz CT molecular complexity index is 332. The van der Waals surface area contributed by atoms with Crippen LogP contribution in [0.3, 0.4) is 0 Å². The van der Waals surface area contributed by atoms with Crippen molar-refractivity contribution in [2.24, 2.45) is 11.8 Å². The molecule has 0 aromatic heterocycles. The van der Waals surface area contributed by atoms with Crippen molar-refractivity contribution in [1.82, 2.24) is 0 Å². The van der Waals surface area contributed by atoms with Crippen LogP contribution in [-0.4, -0.2) is 5.97 Å². The van der Waals surface area contributed by atoms with Crippen LogP contribution in [0.15, 0.2) is 30.3 Å². The van der Waals surface area contributed by atoms with Gasteiger partial charge in [-0.3, -0.25) is 4.79 Å². The van der Waals surface area contributed by atoms with Crippen molar-refractivity contribution in [1.29, 1.82) is 0 Å². The maximum atomic E-state index is 11.8. The minimum absolute atomic E-state index is 0.0151. The fourth-order valence-corrected chi connectivity index (χ4v) is 1.80. The van der Waals surface area contributed by atoms with Crippen LogP contribution in [0.1, 0.15) is 53.0 Å². The Balaban J connectivity index is 0.00000154. The normalized spacial score (nSPS) is 12.9. The number of benzene rings is 1. The van der Waals surface area contributed by atoms with Crippen molar-refractivity contribution in [2.75, 3.05) is 0 Å². The number of hydrogen-bond donors (Lipinski definition) is 0. The predicted molar refractivity (Wildman–Crippen MR) is 80.8 cm³/mol. The van der Waals surface area contributed by atoms with Gasteiger partial charge in [-0.1, -0.05) is 77.8 Å². The summed E-state index contributed by atoms with van der Waals surface area (Å²) in [6.07, 6.45) is 2.18. The van der Waals surface area contributed by atoms with E-state index in [4.69, 9.17) is 4.74 Å². The van der Waals surface area contributed by atoms with E-state index in [9.17, 15) is 4.79 Å². The molecule has 2 heteroatoms. The van der Waals surface area contributed by atoms with E-state index in [-0.39, 0.29) is 11.9 Å². The first-order valence-electron chi connectivity index (χ1n) is 7.35. The summed E-state index contributed by atoms with van der Waals surface area (Å²) in [4.78, 5) is 11.8. The largest absolute Gasteiger partial charge is 0.461 e. The van der Waals surface area contributed by atoms with Gasteiger partial charge in [-0.15, -0.1) is 0 Å². The Kier molecular flexibility index (Phi) is 9.87. The van der Waals surface area contributed by atoms with Crippen molar-refractivity contribution in [2.45, 2.75) is 54.1 Å². The lowest BCUT2D eigenvalue weighted by Gasteiger charge is -2.17. The Morgan fingerprint density at radius 2 is 1.74 bits per heavy atom. The third-order valence-corrected chi connectivity index (χ3v) is 3.19. The maximum absolute atomic E-state index is 11.8. The topological polar surface area (TPSA) is 26.3 Å². The molecule has 0 amide bonds. The van der Waals surface area contributed by atoms with Crippen molar-refractivity contribution < 1.29 is 9.53 Å². The van der Waals surface area contributed by atoms with Crippen LogP contribution < -0.4 is 0 Å². The Labute approximate surface area is 118 Å². The average Bonchev–Trinajstić information content (AvgIpc) is 2.47. The van der Waals surface area contributed by atoms with Crippen molar-refractivity contribution in [3.8, 4) is 0 Å². The van der Waals surface area contributed by atoms with Crippen LogP contribution in [-0.2, 0) is 16.1 Å². The molecule has 0 radical (unpaired) electrons. The van der Waals surface area contributed by atoms with Gasteiger partial charge in [-0.2, -0.15) is 0 Å². The maximum Gasteiger partial charge on any atom is 0.309 e. The minimum atomic E-state index is -0.0881. The molecule has 0 aliphatic carbocycles. The summed E-state index contributed by atoms with van der Waals surface area (Å²) in [6.45, 7) is 10.6. The summed E-state index contributed by atoms with van der Waals surface area (Å²) < 4.78 is 5.32. The van der Waals surface area contributed by atoms with E-state index in [0.717, 1.165) is 18.4 Å². The number of hydrogen-bond acceptors (Lipinski definition) is 2. The molecule has 0 bridgehead atoms. The summed E-state index contributed by atoms with van der Waals surface area (Å²) in [5.41, 5.74) is 1.04. The van der Waals surface area contributed by atoms with E-state index in [2.05, 4.69) is 13.8 Å². The minimum Gasteiger partial charge on any atom is -0.461 e. The summed E-state index contributed by atoms with van der Waals surface area (Å²) in [5, 5.41) is 0. The molecular weight excluding hydrogens is 236 g/mol. The molecule has 108 valence electrons. The van der Waals surface area contributed by atoms with E-state index >= 15 is 0 Å². The summed E-state index contributed by atoms with van der Waals surface area (Å²) in [6, 6.07) is 9.79. The molecule has 0 fully saturated rings. The van der Waals surface area contributed by atoms with Crippen molar-refractivity contribution >= 4 is 5.97 Å². The van der Waals surface area contributed by atoms with Crippen LogP contribution in [0, 0.1) is 11.8 Å². The Morgan fingerprint density at radius 1 is 1.16 bits per heavy atom. The second kappa shape index (κ2) is 10.6. The zero-order valence-electron chi connectivity index (χ0n) is 13.0. The lowest BCUT2D eigenvalue weighted by molar-refractivity contribution is -0.151. The number of esters is 1. The van der Waals surface area contributed by atoms with Crippen LogP contribution in [0.2, 0.25) is 0 Å². The highest BCUT2D eigenvalue weighted by Gasteiger charge is 2.20. The standard InChI is InChI=1S/C15H22O2.C2H6/c1-4-8-12(2)13(3)15(16)17-11-14-9-6-5-7-10-14;1-2/h5-7,9-10,12-13H,4,8,11H2,1-3H3;1-2H3. The van der Waals surface area contributed by atoms with Gasteiger partial charge in [0.15, 0.2) is 0 Å². The fraction of sp³-hybridized carbons (Fsp3) is 0.588. The molecule has 2 atom stereocenters. The van der Waals surface area contributed by atoms with Crippen molar-refractivity contribution in [3.05, 3.63) is 35.9 Å². The molecule has 0 heterocycles. The van der Waals surface area contributed by atoms with E-state index < -0.39 is 0 Å². The van der Waals surface area contributed by atoms with Gasteiger partial charge in [-0.25, -0.2) is 0 Å². The zero-order valence-corrected chi connectivity index (χ0v) is 13.0. The first-order chi connectivity index (χ1) is 9.15. The third kappa shape index (κ3) is 7.00. The van der Waals surface area contributed by atoms with Crippen LogP contribution >= 0.6 is 0 Å².